The number of halogens is 6. The van der Waals surface area contributed by atoms with Crippen molar-refractivity contribution in [3.8, 4) is 0 Å². The van der Waals surface area contributed by atoms with Crippen molar-refractivity contribution < 1.29 is 232 Å². The van der Waals surface area contributed by atoms with Gasteiger partial charge in [-0.15, -0.1) is 0 Å². The first-order valence-electron chi connectivity index (χ1n) is 2.10. The zero-order valence-electron chi connectivity index (χ0n) is 24.2. The van der Waals surface area contributed by atoms with Gasteiger partial charge in [-0.25, -0.2) is 0 Å². The van der Waals surface area contributed by atoms with Gasteiger partial charge in [0.1, 0.15) is 0 Å². The first-order valence-corrected chi connectivity index (χ1v) is 4.61. The molecule has 0 spiro atoms. The summed E-state index contributed by atoms with van der Waals surface area (Å²) in [6, 6.07) is 0. The Balaban J connectivity index is -0.00000000168. The predicted molar refractivity (Wildman–Crippen MR) is 69.5 cm³/mol. The van der Waals surface area contributed by atoms with E-state index >= 15 is 0 Å². The maximum Gasteiger partial charge on any atom is 6.00 e. The molecule has 6 N–H and O–H groups in total. The minimum absolute atomic E-state index is 0. The molecule has 0 saturated heterocycles. The Morgan fingerprint density at radius 1 is 0.516 bits per heavy atom. The summed E-state index contributed by atoms with van der Waals surface area (Å²) in [6.45, 7) is 23.8. The molecule has 31 heavy (non-hydrogen) atoms. The molecule has 0 aromatic rings. The van der Waals surface area contributed by atoms with Crippen molar-refractivity contribution in [3.05, 3.63) is 43.4 Å². The van der Waals surface area contributed by atoms with Crippen LogP contribution in [-0.2, 0) is 64.7 Å². The van der Waals surface area contributed by atoms with Gasteiger partial charge in [0.15, 0.2) is 0 Å². The molecule has 26 heteroatoms. The van der Waals surface area contributed by atoms with E-state index in [1.807, 2.05) is 0 Å². The number of hydrogen-bond donors (Lipinski definition) is 0. The Morgan fingerprint density at radius 3 is 0.516 bits per heavy atom. The molecule has 0 aromatic heterocycles. The summed E-state index contributed by atoms with van der Waals surface area (Å²) in [5.41, 5.74) is 5.75. The predicted octanol–water partition coefficient (Wildman–Crippen LogP) is -11.0. The Bertz CT molecular complexity index is 303. The van der Waals surface area contributed by atoms with Crippen molar-refractivity contribution in [2.75, 3.05) is 0 Å². The molecule has 0 aliphatic carbocycles. The molecular weight excluding hydrogens is 813 g/mol. The fraction of sp³-hybridized carbons (Fsp3) is 0. The van der Waals surface area contributed by atoms with Crippen molar-refractivity contribution in [1.82, 2.24) is 0 Å². The molecule has 0 saturated carbocycles. The molecule has 0 radical (unpaired) electrons. The second kappa shape index (κ2) is 100. The van der Waals surface area contributed by atoms with E-state index in [9.17, 15) is 21.3 Å². The van der Waals surface area contributed by atoms with Gasteiger partial charge in [-0.1, -0.05) is 0 Å². The van der Waals surface area contributed by atoms with Crippen molar-refractivity contribution in [2.24, 2.45) is 0 Å². The fourth-order valence-electron chi connectivity index (χ4n) is 0. The average molecular weight is 827 g/mol. The molecule has 10 nitrogen and oxygen atoms in total. The van der Waals surface area contributed by atoms with Crippen molar-refractivity contribution in [1.29, 1.82) is 26.3 Å². The van der Waals surface area contributed by atoms with Crippen LogP contribution >= 0.6 is 0 Å². The summed E-state index contributed by atoms with van der Waals surface area (Å²) in [7, 11) is 0. The number of hydrogen-bond acceptors (Lipinski definition) is 6. The van der Waals surface area contributed by atoms with Crippen molar-refractivity contribution in [2.45, 2.75) is 0 Å². The maximum absolute atomic E-state index is 10.8. The van der Waals surface area contributed by atoms with Gasteiger partial charge in [0.05, 0.1) is 0 Å². The minimum atomic E-state index is -10.8. The van der Waals surface area contributed by atoms with Crippen LogP contribution < -0.4 is 118 Å². The summed E-state index contributed by atoms with van der Waals surface area (Å²) in [5.74, 6) is 0. The van der Waals surface area contributed by atoms with Crippen LogP contribution in [0, 0.1) is 64.1 Å². The zero-order valence-corrected chi connectivity index (χ0v) is 35.6. The quantitative estimate of drug-likeness (QED) is 0.130. The Morgan fingerprint density at radius 2 is 0.516 bits per heavy atom. The van der Waals surface area contributed by atoms with Gasteiger partial charge in [0.25, 0.3) is 0 Å². The largest absolute Gasteiger partial charge is 6.00 e. The van der Waals surface area contributed by atoms with Gasteiger partial charge in [0.2, 0.25) is 0 Å². The first kappa shape index (κ1) is 150. The molecule has 0 unspecified atom stereocenters. The second-order valence-electron chi connectivity index (χ2n) is 0.758. The van der Waals surface area contributed by atoms with E-state index < -0.39 is 13.5 Å². The van der Waals surface area contributed by atoms with Crippen LogP contribution in [0.25, 0.3) is 5.59 Å². The Hall–Kier alpha value is 5.55. The molecule has 170 valence electrons. The normalized spacial score (nSPS) is 5.68. The number of nitroso groups, excluding NO2 is 1. The van der Waals surface area contributed by atoms with Crippen LogP contribution in [0.4, 0.5) is 21.3 Å². The molecule has 0 atom stereocenters. The van der Waals surface area contributed by atoms with Crippen LogP contribution in [0.2, 0.25) is 0 Å². The van der Waals surface area contributed by atoms with Gasteiger partial charge in [-0.3, -0.25) is 0 Å². The van der Waals surface area contributed by atoms with E-state index in [2.05, 4.69) is 0 Å². The van der Waals surface area contributed by atoms with E-state index in [1.54, 1.807) is 0 Å². The van der Waals surface area contributed by atoms with Crippen LogP contribution in [0.3, 0.4) is 0 Å². The van der Waals surface area contributed by atoms with E-state index in [0.717, 1.165) is 0 Å². The van der Waals surface area contributed by atoms with Gasteiger partial charge in [-0.2, -0.15) is 0 Å². The molecular formula is C5H14F6Fe4N6Na4O4Sr2. The summed E-state index contributed by atoms with van der Waals surface area (Å²) in [6.07, 6.45) is 0. The van der Waals surface area contributed by atoms with Gasteiger partial charge in [0, 0.05) is 34.1 Å². The maximum atomic E-state index is 9.88. The first-order chi connectivity index (χ1) is 8.45. The molecule has 0 heterocycles. The SMILES string of the molecule is O.O.O.[C-]#N.[C-]#N.[C-]#N.[C-]#N.[C-]#N.[F][Fe]([F])([F])([F])([F])[F].[Fe+6].[Fe].[Fe].[H-].[H-].[H-].[H-].[H-].[H-].[H-].[H-].[N-]=O.[Na+].[Na+].[Na+].[Na+].[Sr+2].[Sr+2]. The summed E-state index contributed by atoms with van der Waals surface area (Å²) >= 11 is -10.8. The third kappa shape index (κ3) is 1300. The van der Waals surface area contributed by atoms with Crippen LogP contribution in [-0.4, -0.2) is 107 Å². The monoisotopic (exact) mass is 828 g/mol. The number of nitrogens with zero attached hydrogens (tertiary/aromatic N) is 6. The van der Waals surface area contributed by atoms with Crippen molar-refractivity contribution in [3.63, 3.8) is 0 Å². The summed E-state index contributed by atoms with van der Waals surface area (Å²) in [4.78, 5) is 7.25. The standard InChI is InChI=1S/5CN.6FH.4Fe.NO.4Na.3H2O.2Sr.8H/c5*1-2;;;;;;;;;;;1-2;;;;;;;;;;;;;;;;;/h;;;;;6*1H;;;;;;;;;;3*1H2;;;;;;;;;;/q5*-1;;;;;;;;;2*+6;-1;4*+1;;;;2*+2;8*-1/p-6. The molecule has 0 bridgehead atoms. The third-order valence-corrected chi connectivity index (χ3v) is 0. The van der Waals surface area contributed by atoms with Gasteiger partial charge in [-0.05, 0) is 0 Å². The average Bonchev–Trinajstić information content (AvgIpc) is 2.39. The number of rotatable bonds is 0. The van der Waals surface area contributed by atoms with Gasteiger partial charge >= 0.3 is 261 Å². The topological polar surface area (TPSA) is 253 Å². The Kier molecular flexibility index (Phi) is 486. The molecule has 0 aliphatic heterocycles. The molecule has 0 fully saturated rings. The second-order valence-corrected chi connectivity index (χ2v) is 3.12. The summed E-state index contributed by atoms with van der Waals surface area (Å²) in [5, 5.41) is 31.2. The minimum Gasteiger partial charge on any atom is -1.00 e. The zero-order chi connectivity index (χ0) is 18.4. The summed E-state index contributed by atoms with van der Waals surface area (Å²) < 4.78 is 59.2. The third-order valence-electron chi connectivity index (χ3n) is 0. The fourth-order valence-corrected chi connectivity index (χ4v) is 0. The smallest absolute Gasteiger partial charge is 1.00 e. The van der Waals surface area contributed by atoms with Crippen LogP contribution in [0.1, 0.15) is 11.4 Å². The van der Waals surface area contributed by atoms with Crippen molar-refractivity contribution >= 4 is 91.0 Å². The van der Waals surface area contributed by atoms with E-state index in [0.29, 0.717) is 0 Å². The Labute approximate surface area is 384 Å². The molecule has 0 rings (SSSR count). The van der Waals surface area contributed by atoms with E-state index in [4.69, 9.17) is 69.7 Å². The van der Waals surface area contributed by atoms with Crippen LogP contribution in [0.5, 0.6) is 0 Å². The molecule has 0 aromatic carbocycles. The van der Waals surface area contributed by atoms with E-state index in [-0.39, 0.29) is 288 Å². The molecule has 0 aliphatic rings. The van der Waals surface area contributed by atoms with Crippen LogP contribution in [0.15, 0.2) is 0 Å². The van der Waals surface area contributed by atoms with Gasteiger partial charge < -0.3 is 97.5 Å². The molecule has 0 amide bonds. The van der Waals surface area contributed by atoms with E-state index in [1.165, 1.54) is 0 Å².